The lowest BCUT2D eigenvalue weighted by atomic mass is 10.1. The summed E-state index contributed by atoms with van der Waals surface area (Å²) in [5, 5.41) is 15.5. The number of nitrogens with zero attached hydrogens (tertiary/aromatic N) is 1. The molecule has 0 bridgehead atoms. The number of hydrogen-bond acceptors (Lipinski definition) is 4. The highest BCUT2D eigenvalue weighted by Crippen LogP contribution is 2.43. The summed E-state index contributed by atoms with van der Waals surface area (Å²) < 4.78 is 53.1. The third-order valence-corrected chi connectivity index (χ3v) is 6.75. The lowest BCUT2D eigenvalue weighted by Gasteiger charge is -2.12. The topological polar surface area (TPSA) is 62.5 Å². The summed E-state index contributed by atoms with van der Waals surface area (Å²) in [6.07, 6.45) is -4.05. The van der Waals surface area contributed by atoms with Crippen molar-refractivity contribution in [2.75, 3.05) is 0 Å². The summed E-state index contributed by atoms with van der Waals surface area (Å²) in [5.41, 5.74) is 1.68. The molecule has 0 unspecified atom stereocenters. The largest absolute Gasteiger partial charge is 0.506 e. The van der Waals surface area contributed by atoms with Crippen LogP contribution in [0.15, 0.2) is 28.5 Å². The molecule has 4 nitrogen and oxygen atoms in total. The Hall–Kier alpha value is -1.91. The zero-order chi connectivity index (χ0) is 21.5. The Kier molecular flexibility index (Phi) is 6.07. The maximum Gasteiger partial charge on any atom is 0.358 e. The van der Waals surface area contributed by atoms with Gasteiger partial charge >= 0.3 is 17.6 Å². The van der Waals surface area contributed by atoms with Crippen molar-refractivity contribution in [3.05, 3.63) is 45.4 Å². The van der Waals surface area contributed by atoms with E-state index in [9.17, 15) is 32.6 Å². The molecule has 3 aromatic rings. The smallest absolute Gasteiger partial charge is 0.358 e. The second kappa shape index (κ2) is 8.08. The van der Waals surface area contributed by atoms with Crippen LogP contribution in [0, 0.1) is 6.92 Å². The number of carbonyl (C=O) groups is 1. The van der Waals surface area contributed by atoms with Crippen molar-refractivity contribution >= 4 is 51.6 Å². The van der Waals surface area contributed by atoms with Crippen LogP contribution in [0.3, 0.4) is 0 Å². The molecule has 2 heterocycles. The number of thioether (sulfide) groups is 1. The van der Waals surface area contributed by atoms with Gasteiger partial charge in [-0.2, -0.15) is 8.78 Å². The second-order valence-corrected chi connectivity index (χ2v) is 9.25. The maximum absolute atomic E-state index is 13.3. The van der Waals surface area contributed by atoms with Crippen molar-refractivity contribution in [3.63, 3.8) is 0 Å². The van der Waals surface area contributed by atoms with Crippen LogP contribution in [0.1, 0.15) is 16.1 Å². The van der Waals surface area contributed by atoms with Crippen LogP contribution in [-0.4, -0.2) is 32.4 Å². The molecule has 3 rings (SSSR count). The predicted octanol–water partition coefficient (Wildman–Crippen LogP) is 6.00. The summed E-state index contributed by atoms with van der Waals surface area (Å²) in [7, 11) is 0. The zero-order valence-electron chi connectivity index (χ0n) is 14.8. The SMILES string of the molecule is Cc1c(CC(=O)O)c2cc(O)c(Cl)cc2n1Cc1ccc(SC(F)(F)C(F)F)s1. The number of benzene rings is 1. The highest BCUT2D eigenvalue weighted by molar-refractivity contribution is 8.02. The lowest BCUT2D eigenvalue weighted by molar-refractivity contribution is -0.136. The molecule has 2 aromatic heterocycles. The second-order valence-electron chi connectivity index (χ2n) is 6.23. The molecular formula is C18H14ClF4NO3S2. The summed E-state index contributed by atoms with van der Waals surface area (Å²) in [5.74, 6) is -1.24. The summed E-state index contributed by atoms with van der Waals surface area (Å²) in [6.45, 7) is 1.91. The number of thiophene rings is 1. The third-order valence-electron chi connectivity index (χ3n) is 4.29. The molecule has 29 heavy (non-hydrogen) atoms. The number of carboxylic acid groups (broad SMARTS) is 1. The van der Waals surface area contributed by atoms with Gasteiger partial charge in [-0.3, -0.25) is 4.79 Å². The van der Waals surface area contributed by atoms with E-state index in [4.69, 9.17) is 11.6 Å². The number of carboxylic acids is 1. The van der Waals surface area contributed by atoms with E-state index in [-0.39, 0.29) is 39.7 Å². The van der Waals surface area contributed by atoms with Crippen LogP contribution in [0.2, 0.25) is 5.02 Å². The molecule has 0 atom stereocenters. The van der Waals surface area contributed by atoms with Crippen LogP contribution in [-0.2, 0) is 17.8 Å². The van der Waals surface area contributed by atoms with E-state index in [1.54, 1.807) is 17.6 Å². The van der Waals surface area contributed by atoms with Gasteiger partial charge in [-0.05, 0) is 48.5 Å². The Balaban J connectivity index is 1.99. The van der Waals surface area contributed by atoms with Crippen LogP contribution in [0.25, 0.3) is 10.9 Å². The van der Waals surface area contributed by atoms with Crippen molar-refractivity contribution < 1.29 is 32.6 Å². The Morgan fingerprint density at radius 1 is 1.34 bits per heavy atom. The molecule has 156 valence electrons. The first-order chi connectivity index (χ1) is 13.5. The molecule has 0 saturated carbocycles. The number of hydrogen-bond donors (Lipinski definition) is 2. The monoisotopic (exact) mass is 467 g/mol. The molecule has 0 amide bonds. The number of fused-ring (bicyclic) bond motifs is 1. The highest BCUT2D eigenvalue weighted by Gasteiger charge is 2.42. The van der Waals surface area contributed by atoms with Gasteiger partial charge in [-0.25, -0.2) is 8.78 Å². The molecular weight excluding hydrogens is 454 g/mol. The van der Waals surface area contributed by atoms with Crippen molar-refractivity contribution in [2.45, 2.75) is 35.8 Å². The molecule has 0 aliphatic heterocycles. The van der Waals surface area contributed by atoms with E-state index in [1.807, 2.05) is 0 Å². The van der Waals surface area contributed by atoms with Crippen molar-refractivity contribution in [3.8, 4) is 5.75 Å². The lowest BCUT2D eigenvalue weighted by Crippen LogP contribution is -2.21. The number of rotatable bonds is 7. The summed E-state index contributed by atoms with van der Waals surface area (Å²) in [4.78, 5) is 11.9. The number of phenolic OH excluding ortho intramolecular Hbond substituents is 1. The number of aromatic nitrogens is 1. The molecule has 0 radical (unpaired) electrons. The Morgan fingerprint density at radius 3 is 2.66 bits per heavy atom. The van der Waals surface area contributed by atoms with Gasteiger partial charge in [0.15, 0.2) is 0 Å². The number of aromatic hydroxyl groups is 1. The summed E-state index contributed by atoms with van der Waals surface area (Å²) >= 11 is 6.76. The van der Waals surface area contributed by atoms with Crippen LogP contribution in [0.5, 0.6) is 5.75 Å². The first-order valence-electron chi connectivity index (χ1n) is 8.15. The molecule has 0 saturated heterocycles. The minimum absolute atomic E-state index is 0.0425. The predicted molar refractivity (Wildman–Crippen MR) is 105 cm³/mol. The Labute approximate surface area is 175 Å². The molecule has 0 aliphatic rings. The van der Waals surface area contributed by atoms with Crippen LogP contribution in [0.4, 0.5) is 17.6 Å². The highest BCUT2D eigenvalue weighted by atomic mass is 35.5. The van der Waals surface area contributed by atoms with E-state index in [0.717, 1.165) is 11.3 Å². The van der Waals surface area contributed by atoms with E-state index in [0.29, 0.717) is 27.0 Å². The zero-order valence-corrected chi connectivity index (χ0v) is 17.1. The number of aliphatic carboxylic acids is 1. The van der Waals surface area contributed by atoms with Gasteiger partial charge in [-0.1, -0.05) is 11.6 Å². The number of alkyl halides is 4. The molecule has 0 spiro atoms. The van der Waals surface area contributed by atoms with Crippen molar-refractivity contribution in [2.24, 2.45) is 0 Å². The number of halogens is 5. The van der Waals surface area contributed by atoms with Gasteiger partial charge < -0.3 is 14.8 Å². The minimum Gasteiger partial charge on any atom is -0.506 e. The van der Waals surface area contributed by atoms with Crippen LogP contribution < -0.4 is 0 Å². The molecule has 0 fully saturated rings. The molecule has 2 N–H and O–H groups in total. The fraction of sp³-hybridized carbons (Fsp3) is 0.278. The molecule has 11 heteroatoms. The van der Waals surface area contributed by atoms with Gasteiger partial charge in [0.1, 0.15) is 5.75 Å². The van der Waals surface area contributed by atoms with E-state index in [2.05, 4.69) is 0 Å². The van der Waals surface area contributed by atoms with Gasteiger partial charge in [0.2, 0.25) is 0 Å². The normalized spacial score (nSPS) is 12.2. The third kappa shape index (κ3) is 4.49. The average Bonchev–Trinajstić information content (AvgIpc) is 3.13. The quantitative estimate of drug-likeness (QED) is 0.330. The van der Waals surface area contributed by atoms with Crippen molar-refractivity contribution in [1.82, 2.24) is 4.57 Å². The van der Waals surface area contributed by atoms with E-state index >= 15 is 0 Å². The van der Waals surface area contributed by atoms with Gasteiger partial charge in [0.05, 0.1) is 27.7 Å². The fourth-order valence-electron chi connectivity index (χ4n) is 2.97. The van der Waals surface area contributed by atoms with Gasteiger partial charge in [0.25, 0.3) is 0 Å². The average molecular weight is 468 g/mol. The minimum atomic E-state index is -4.18. The molecule has 1 aromatic carbocycles. The van der Waals surface area contributed by atoms with Gasteiger partial charge in [-0.15, -0.1) is 11.3 Å². The van der Waals surface area contributed by atoms with Gasteiger partial charge in [0, 0.05) is 16.0 Å². The first-order valence-corrected chi connectivity index (χ1v) is 10.2. The maximum atomic E-state index is 13.3. The standard InChI is InChI=1S/C18H14ClF4NO3S2/c1-8-10(5-15(26)27)11-4-14(25)12(19)6-13(11)24(8)7-9-2-3-16(28-9)29-18(22,23)17(20)21/h2-4,6,17,25H,5,7H2,1H3,(H,26,27). The van der Waals surface area contributed by atoms with Crippen LogP contribution >= 0.6 is 34.7 Å². The number of phenols is 1. The first kappa shape index (κ1) is 21.8. The Bertz CT molecular complexity index is 1080. The fourth-order valence-corrected chi connectivity index (χ4v) is 5.16. The Morgan fingerprint density at radius 2 is 2.03 bits per heavy atom. The van der Waals surface area contributed by atoms with E-state index < -0.39 is 17.6 Å². The van der Waals surface area contributed by atoms with E-state index in [1.165, 1.54) is 18.2 Å². The van der Waals surface area contributed by atoms with Crippen molar-refractivity contribution in [1.29, 1.82) is 0 Å². The molecule has 0 aliphatic carbocycles. The summed E-state index contributed by atoms with van der Waals surface area (Å²) in [6, 6.07) is 5.79.